The van der Waals surface area contributed by atoms with Crippen molar-refractivity contribution in [1.29, 1.82) is 0 Å². The number of nitrogens with one attached hydrogen (secondary N) is 2. The molecule has 1 amide bonds. The molecular formula is C14H12N2O4. The summed E-state index contributed by atoms with van der Waals surface area (Å²) in [5, 5.41) is 2.76. The molecule has 0 saturated carbocycles. The van der Waals surface area contributed by atoms with E-state index in [-0.39, 0.29) is 5.91 Å². The predicted molar refractivity (Wildman–Crippen MR) is 72.5 cm³/mol. The van der Waals surface area contributed by atoms with Crippen LogP contribution in [0.15, 0.2) is 50.2 Å². The number of aryl methyl sites for hydroxylation is 1. The van der Waals surface area contributed by atoms with Crippen molar-refractivity contribution in [2.24, 2.45) is 0 Å². The summed E-state index contributed by atoms with van der Waals surface area (Å²) in [6.45, 7) is 0. The van der Waals surface area contributed by atoms with Gasteiger partial charge in [-0.2, -0.15) is 0 Å². The number of carbonyl (C=O) groups excluding carboxylic acids is 1. The summed E-state index contributed by atoms with van der Waals surface area (Å²) < 4.78 is 10.1. The molecule has 0 aliphatic heterocycles. The number of oxazole rings is 1. The average molecular weight is 272 g/mol. The van der Waals surface area contributed by atoms with Gasteiger partial charge in [0.1, 0.15) is 5.76 Å². The van der Waals surface area contributed by atoms with Crippen LogP contribution in [0.3, 0.4) is 0 Å². The van der Waals surface area contributed by atoms with Crippen LogP contribution in [0.25, 0.3) is 11.1 Å². The van der Waals surface area contributed by atoms with Crippen LogP contribution < -0.4 is 11.1 Å². The van der Waals surface area contributed by atoms with Gasteiger partial charge in [0.05, 0.1) is 11.8 Å². The van der Waals surface area contributed by atoms with E-state index in [2.05, 4.69) is 10.3 Å². The number of anilines is 1. The van der Waals surface area contributed by atoms with E-state index >= 15 is 0 Å². The minimum Gasteiger partial charge on any atom is -0.469 e. The fourth-order valence-corrected chi connectivity index (χ4v) is 1.94. The fourth-order valence-electron chi connectivity index (χ4n) is 1.94. The molecule has 1 aromatic carbocycles. The first-order valence-electron chi connectivity index (χ1n) is 6.16. The first kappa shape index (κ1) is 12.3. The van der Waals surface area contributed by atoms with E-state index in [1.54, 1.807) is 30.5 Å². The third-order valence-electron chi connectivity index (χ3n) is 2.88. The lowest BCUT2D eigenvalue weighted by atomic mass is 10.2. The zero-order valence-corrected chi connectivity index (χ0v) is 10.5. The highest BCUT2D eigenvalue weighted by Crippen LogP contribution is 2.16. The molecule has 0 aliphatic rings. The maximum Gasteiger partial charge on any atom is 0.417 e. The molecule has 0 bridgehead atoms. The number of hydrogen-bond acceptors (Lipinski definition) is 4. The Balaban J connectivity index is 1.66. The second-order valence-electron chi connectivity index (χ2n) is 4.35. The van der Waals surface area contributed by atoms with Crippen molar-refractivity contribution in [3.8, 4) is 0 Å². The quantitative estimate of drug-likeness (QED) is 0.762. The Morgan fingerprint density at radius 2 is 2.20 bits per heavy atom. The summed E-state index contributed by atoms with van der Waals surface area (Å²) in [6, 6.07) is 8.59. The standard InChI is InChI=1S/C14H12N2O4/c17-13(6-4-10-2-1-7-19-10)15-9-3-5-12-11(8-9)16-14(18)20-12/h1-3,5,7-8H,4,6H2,(H,15,17)(H,16,18). The van der Waals surface area contributed by atoms with Gasteiger partial charge in [-0.05, 0) is 30.3 Å². The van der Waals surface area contributed by atoms with Crippen molar-refractivity contribution < 1.29 is 13.6 Å². The summed E-state index contributed by atoms with van der Waals surface area (Å²) in [7, 11) is 0. The van der Waals surface area contributed by atoms with E-state index in [4.69, 9.17) is 8.83 Å². The fraction of sp³-hybridized carbons (Fsp3) is 0.143. The van der Waals surface area contributed by atoms with E-state index in [1.165, 1.54) is 0 Å². The Labute approximate surface area is 113 Å². The topological polar surface area (TPSA) is 88.2 Å². The number of aromatic nitrogens is 1. The van der Waals surface area contributed by atoms with Crippen molar-refractivity contribution in [3.05, 3.63) is 52.9 Å². The van der Waals surface area contributed by atoms with Gasteiger partial charge < -0.3 is 14.2 Å². The van der Waals surface area contributed by atoms with Crippen molar-refractivity contribution in [2.75, 3.05) is 5.32 Å². The smallest absolute Gasteiger partial charge is 0.417 e. The number of H-pyrrole nitrogens is 1. The maximum absolute atomic E-state index is 11.8. The van der Waals surface area contributed by atoms with Gasteiger partial charge in [0, 0.05) is 18.5 Å². The molecular weight excluding hydrogens is 260 g/mol. The first-order valence-corrected chi connectivity index (χ1v) is 6.16. The SMILES string of the molecule is O=C(CCc1ccco1)Nc1ccc2oc(=O)[nH]c2c1. The van der Waals surface area contributed by atoms with Crippen molar-refractivity contribution >= 4 is 22.7 Å². The lowest BCUT2D eigenvalue weighted by molar-refractivity contribution is -0.116. The number of fused-ring (bicyclic) bond motifs is 1. The molecule has 2 N–H and O–H groups in total. The Morgan fingerprint density at radius 3 is 3.00 bits per heavy atom. The van der Waals surface area contributed by atoms with Crippen LogP contribution in [0, 0.1) is 0 Å². The highest BCUT2D eigenvalue weighted by molar-refractivity contribution is 5.92. The second-order valence-corrected chi connectivity index (χ2v) is 4.35. The Bertz CT molecular complexity index is 783. The van der Waals surface area contributed by atoms with Crippen LogP contribution >= 0.6 is 0 Å². The van der Waals surface area contributed by atoms with Gasteiger partial charge in [0.25, 0.3) is 0 Å². The number of furan rings is 1. The maximum atomic E-state index is 11.8. The van der Waals surface area contributed by atoms with Crippen LogP contribution in [-0.4, -0.2) is 10.9 Å². The average Bonchev–Trinajstić information content (AvgIpc) is 3.04. The number of rotatable bonds is 4. The number of benzene rings is 1. The molecule has 3 aromatic rings. The molecule has 3 rings (SSSR count). The van der Waals surface area contributed by atoms with Crippen molar-refractivity contribution in [3.63, 3.8) is 0 Å². The zero-order chi connectivity index (χ0) is 13.9. The number of aromatic amines is 1. The molecule has 0 atom stereocenters. The third kappa shape index (κ3) is 2.64. The Morgan fingerprint density at radius 1 is 1.30 bits per heavy atom. The molecule has 102 valence electrons. The minimum atomic E-state index is -0.513. The van der Waals surface area contributed by atoms with Crippen LogP contribution in [0.5, 0.6) is 0 Å². The van der Waals surface area contributed by atoms with E-state index in [1.807, 2.05) is 6.07 Å². The molecule has 0 radical (unpaired) electrons. The summed E-state index contributed by atoms with van der Waals surface area (Å²) in [4.78, 5) is 25.4. The van der Waals surface area contributed by atoms with Crippen molar-refractivity contribution in [1.82, 2.24) is 4.98 Å². The van der Waals surface area contributed by atoms with Gasteiger partial charge in [-0.15, -0.1) is 0 Å². The molecule has 0 spiro atoms. The minimum absolute atomic E-state index is 0.119. The molecule has 20 heavy (non-hydrogen) atoms. The third-order valence-corrected chi connectivity index (χ3v) is 2.88. The summed E-state index contributed by atoms with van der Waals surface area (Å²) in [6.07, 6.45) is 2.45. The van der Waals surface area contributed by atoms with Gasteiger partial charge in [0.2, 0.25) is 5.91 Å². The molecule has 0 saturated heterocycles. The summed E-state index contributed by atoms with van der Waals surface area (Å²) in [5.74, 6) is 0.141. The monoisotopic (exact) mass is 272 g/mol. The highest BCUT2D eigenvalue weighted by atomic mass is 16.4. The lowest BCUT2D eigenvalue weighted by Crippen LogP contribution is -2.12. The van der Waals surface area contributed by atoms with Crippen LogP contribution in [-0.2, 0) is 11.2 Å². The van der Waals surface area contributed by atoms with E-state index in [0.717, 1.165) is 5.76 Å². The van der Waals surface area contributed by atoms with Gasteiger partial charge in [0.15, 0.2) is 5.58 Å². The van der Waals surface area contributed by atoms with Gasteiger partial charge in [-0.25, -0.2) is 4.79 Å². The molecule has 6 nitrogen and oxygen atoms in total. The van der Waals surface area contributed by atoms with Crippen LogP contribution in [0.2, 0.25) is 0 Å². The summed E-state index contributed by atoms with van der Waals surface area (Å²) >= 11 is 0. The number of carbonyl (C=O) groups is 1. The molecule has 2 aromatic heterocycles. The van der Waals surface area contributed by atoms with Gasteiger partial charge in [-0.1, -0.05) is 0 Å². The second kappa shape index (κ2) is 5.08. The molecule has 6 heteroatoms. The van der Waals surface area contributed by atoms with E-state index in [0.29, 0.717) is 29.6 Å². The predicted octanol–water partition coefficient (Wildman–Crippen LogP) is 2.29. The summed E-state index contributed by atoms with van der Waals surface area (Å²) in [5.41, 5.74) is 1.63. The Hall–Kier alpha value is -2.76. The molecule has 2 heterocycles. The Kier molecular flexibility index (Phi) is 3.12. The largest absolute Gasteiger partial charge is 0.469 e. The number of hydrogen-bond donors (Lipinski definition) is 2. The molecule has 0 aliphatic carbocycles. The zero-order valence-electron chi connectivity index (χ0n) is 10.5. The molecule has 0 unspecified atom stereocenters. The van der Waals surface area contributed by atoms with Gasteiger partial charge in [-0.3, -0.25) is 9.78 Å². The van der Waals surface area contributed by atoms with Crippen LogP contribution in [0.4, 0.5) is 5.69 Å². The van der Waals surface area contributed by atoms with Gasteiger partial charge >= 0.3 is 5.76 Å². The lowest BCUT2D eigenvalue weighted by Gasteiger charge is -2.04. The highest BCUT2D eigenvalue weighted by Gasteiger charge is 2.07. The van der Waals surface area contributed by atoms with Crippen molar-refractivity contribution in [2.45, 2.75) is 12.8 Å². The first-order chi connectivity index (χ1) is 9.70. The number of amides is 1. The normalized spacial score (nSPS) is 10.8. The van der Waals surface area contributed by atoms with E-state index < -0.39 is 5.76 Å². The van der Waals surface area contributed by atoms with E-state index in [9.17, 15) is 9.59 Å². The molecule has 0 fully saturated rings. The van der Waals surface area contributed by atoms with Crippen LogP contribution in [0.1, 0.15) is 12.2 Å².